The van der Waals surface area contributed by atoms with Crippen molar-refractivity contribution in [2.24, 2.45) is 0 Å². The summed E-state index contributed by atoms with van der Waals surface area (Å²) in [6, 6.07) is 16.1. The Morgan fingerprint density at radius 2 is 1.62 bits per heavy atom. The number of aromatic nitrogens is 4. The van der Waals surface area contributed by atoms with E-state index in [1.807, 2.05) is 29.3 Å². The normalized spacial score (nSPS) is 17.7. The summed E-state index contributed by atoms with van der Waals surface area (Å²) >= 11 is 0. The van der Waals surface area contributed by atoms with E-state index in [-0.39, 0.29) is 41.8 Å². The number of anilines is 1. The molecule has 16 nitrogen and oxygen atoms in total. The fourth-order valence-electron chi connectivity index (χ4n) is 9.34. The second kappa shape index (κ2) is 18.5. The number of fused-ring (bicyclic) bond motifs is 3. The zero-order valence-electron chi connectivity index (χ0n) is 35.9. The topological polar surface area (TPSA) is 198 Å². The summed E-state index contributed by atoms with van der Waals surface area (Å²) in [5.41, 5.74) is 7.10. The molecule has 3 N–H and O–H groups in total. The van der Waals surface area contributed by atoms with Gasteiger partial charge in [-0.15, -0.1) is 0 Å². The Morgan fingerprint density at radius 1 is 0.844 bits per heavy atom. The highest BCUT2D eigenvalue weighted by Gasteiger charge is 2.45. The van der Waals surface area contributed by atoms with Crippen LogP contribution in [0.15, 0.2) is 67.0 Å². The van der Waals surface area contributed by atoms with Gasteiger partial charge in [-0.05, 0) is 67.8 Å². The second-order valence-corrected chi connectivity index (χ2v) is 16.9. The molecule has 5 aromatic rings. The van der Waals surface area contributed by atoms with Crippen molar-refractivity contribution in [2.75, 3.05) is 38.2 Å². The van der Waals surface area contributed by atoms with E-state index in [0.717, 1.165) is 95.1 Å². The number of carbonyl (C=O) groups excluding carboxylic acids is 6. The van der Waals surface area contributed by atoms with Crippen molar-refractivity contribution < 1.29 is 33.5 Å². The quantitative estimate of drug-likeness (QED) is 0.0927. The zero-order chi connectivity index (χ0) is 44.3. The molecule has 0 spiro atoms. The lowest BCUT2D eigenvalue weighted by Gasteiger charge is -2.29. The van der Waals surface area contributed by atoms with Gasteiger partial charge in [0.25, 0.3) is 17.7 Å². The maximum Gasteiger partial charge on any atom is 0.269 e. The molecule has 9 rings (SSSR count). The average molecular weight is 866 g/mol. The first-order valence-electron chi connectivity index (χ1n) is 22.3. The third-order valence-electron chi connectivity index (χ3n) is 12.8. The fraction of sp³-hybridized carbons (Fsp3) is 0.396. The average Bonchev–Trinajstić information content (AvgIpc) is 3.82. The lowest BCUT2D eigenvalue weighted by Crippen LogP contribution is -2.54. The van der Waals surface area contributed by atoms with Gasteiger partial charge in [0.2, 0.25) is 17.7 Å². The third-order valence-corrected chi connectivity index (χ3v) is 12.8. The number of hydrogen-bond donors (Lipinski definition) is 3. The van der Waals surface area contributed by atoms with Crippen molar-refractivity contribution in [3.8, 4) is 22.5 Å². The van der Waals surface area contributed by atoms with Gasteiger partial charge in [0.05, 0.1) is 28.6 Å². The van der Waals surface area contributed by atoms with Gasteiger partial charge in [-0.3, -0.25) is 53.6 Å². The van der Waals surface area contributed by atoms with Crippen molar-refractivity contribution in [2.45, 2.75) is 89.8 Å². The Hall–Kier alpha value is -6.81. The van der Waals surface area contributed by atoms with E-state index in [4.69, 9.17) is 14.8 Å². The maximum atomic E-state index is 13.3. The molecule has 0 aliphatic carbocycles. The van der Waals surface area contributed by atoms with Crippen LogP contribution in [0.3, 0.4) is 0 Å². The van der Waals surface area contributed by atoms with Gasteiger partial charge in [-0.2, -0.15) is 5.10 Å². The predicted molar refractivity (Wildman–Crippen MR) is 237 cm³/mol. The Morgan fingerprint density at radius 3 is 2.41 bits per heavy atom. The first-order valence-corrected chi connectivity index (χ1v) is 22.3. The number of amides is 6. The Kier molecular flexibility index (Phi) is 12.3. The van der Waals surface area contributed by atoms with Crippen LogP contribution in [0.4, 0.5) is 5.69 Å². The SMILES string of the molecule is CC(=O)N1CCc2c(c(-c3cccc4cc(-c5ccc(C(=O)NCCCCCCCNc6cccc7c6C(=O)N(C6CCC(=O)NC6=O)C7=O)nc5)ncc34)nn2C2CCOCC2)C1. The van der Waals surface area contributed by atoms with Gasteiger partial charge in [0, 0.05) is 105 Å². The highest BCUT2D eigenvalue weighted by Crippen LogP contribution is 2.38. The largest absolute Gasteiger partial charge is 0.384 e. The Labute approximate surface area is 370 Å². The van der Waals surface area contributed by atoms with Gasteiger partial charge in [0.15, 0.2) is 0 Å². The maximum absolute atomic E-state index is 13.3. The number of carbonyl (C=O) groups is 6. The molecule has 4 aliphatic heterocycles. The molecule has 330 valence electrons. The van der Waals surface area contributed by atoms with Crippen LogP contribution in [0.1, 0.15) is 113 Å². The molecule has 4 aliphatic rings. The number of ether oxygens (including phenoxy) is 1. The molecule has 2 saturated heterocycles. The van der Waals surface area contributed by atoms with Crippen LogP contribution < -0.4 is 16.0 Å². The van der Waals surface area contributed by atoms with Crippen LogP contribution in [0.25, 0.3) is 33.3 Å². The number of nitrogens with zero attached hydrogens (tertiary/aromatic N) is 6. The number of hydrogen-bond acceptors (Lipinski definition) is 11. The van der Waals surface area contributed by atoms with E-state index in [1.165, 1.54) is 5.69 Å². The van der Waals surface area contributed by atoms with E-state index in [9.17, 15) is 28.8 Å². The number of pyridine rings is 2. The lowest BCUT2D eigenvalue weighted by atomic mass is 9.96. The fourth-order valence-corrected chi connectivity index (χ4v) is 9.34. The Balaban J connectivity index is 0.749. The van der Waals surface area contributed by atoms with Gasteiger partial charge in [0.1, 0.15) is 11.7 Å². The van der Waals surface area contributed by atoms with Crippen LogP contribution in [0.2, 0.25) is 0 Å². The molecule has 2 aromatic carbocycles. The molecule has 7 heterocycles. The highest BCUT2D eigenvalue weighted by atomic mass is 16.5. The summed E-state index contributed by atoms with van der Waals surface area (Å²) in [6.07, 6.45) is 10.8. The minimum atomic E-state index is -1.00. The lowest BCUT2D eigenvalue weighted by molar-refractivity contribution is -0.136. The first kappa shape index (κ1) is 42.5. The molecule has 16 heteroatoms. The number of nitrogens with one attached hydrogen (secondary N) is 3. The van der Waals surface area contributed by atoms with Crippen LogP contribution in [-0.4, -0.2) is 104 Å². The molecular weight excluding hydrogens is 815 g/mol. The van der Waals surface area contributed by atoms with Crippen LogP contribution in [0.5, 0.6) is 0 Å². The predicted octanol–water partition coefficient (Wildman–Crippen LogP) is 5.61. The molecule has 1 unspecified atom stereocenters. The summed E-state index contributed by atoms with van der Waals surface area (Å²) in [5, 5.41) is 15.7. The molecule has 64 heavy (non-hydrogen) atoms. The summed E-state index contributed by atoms with van der Waals surface area (Å²) in [4.78, 5) is 88.0. The number of unbranched alkanes of at least 4 members (excludes halogenated alkanes) is 4. The molecule has 0 saturated carbocycles. The number of benzene rings is 2. The third kappa shape index (κ3) is 8.49. The van der Waals surface area contributed by atoms with E-state index < -0.39 is 29.7 Å². The number of rotatable bonds is 14. The van der Waals surface area contributed by atoms with Crippen molar-refractivity contribution in [3.63, 3.8) is 0 Å². The van der Waals surface area contributed by atoms with Crippen molar-refractivity contribution in [1.82, 2.24) is 40.2 Å². The molecule has 6 amide bonds. The monoisotopic (exact) mass is 865 g/mol. The first-order chi connectivity index (χ1) is 31.2. The van der Waals surface area contributed by atoms with Crippen molar-refractivity contribution in [1.29, 1.82) is 0 Å². The molecule has 1 atom stereocenters. The van der Waals surface area contributed by atoms with Gasteiger partial charge in [-0.25, -0.2) is 0 Å². The molecule has 2 fully saturated rings. The number of piperidine rings is 1. The van der Waals surface area contributed by atoms with Crippen molar-refractivity contribution >= 4 is 51.9 Å². The van der Waals surface area contributed by atoms with Crippen LogP contribution in [-0.2, 0) is 32.1 Å². The second-order valence-electron chi connectivity index (χ2n) is 16.9. The smallest absolute Gasteiger partial charge is 0.269 e. The van der Waals surface area contributed by atoms with Gasteiger partial charge >= 0.3 is 0 Å². The summed E-state index contributed by atoms with van der Waals surface area (Å²) < 4.78 is 7.85. The van der Waals surface area contributed by atoms with Crippen molar-refractivity contribution in [3.05, 3.63) is 95.1 Å². The van der Waals surface area contributed by atoms with Crippen LogP contribution >= 0.6 is 0 Å². The summed E-state index contributed by atoms with van der Waals surface area (Å²) in [5.74, 6) is -2.28. The highest BCUT2D eigenvalue weighted by molar-refractivity contribution is 6.25. The Bertz CT molecular complexity index is 2650. The molecule has 0 bridgehead atoms. The molecular formula is C48H51N9O7. The van der Waals surface area contributed by atoms with E-state index >= 15 is 0 Å². The minimum absolute atomic E-state index is 0.0612. The van der Waals surface area contributed by atoms with E-state index in [1.54, 1.807) is 37.4 Å². The molecule has 3 aromatic heterocycles. The van der Waals surface area contributed by atoms with Gasteiger partial charge in [-0.1, -0.05) is 43.5 Å². The van der Waals surface area contributed by atoms with Gasteiger partial charge < -0.3 is 20.3 Å². The number of imide groups is 2. The summed E-state index contributed by atoms with van der Waals surface area (Å²) in [6.45, 7) is 5.39. The molecule has 0 radical (unpaired) electrons. The van der Waals surface area contributed by atoms with Crippen LogP contribution in [0, 0.1) is 0 Å². The van der Waals surface area contributed by atoms with E-state index in [2.05, 4.69) is 37.7 Å². The standard InChI is InChI=1S/C48H51N9O7/c1-29(58)55-22-17-40-36(28-55)44(54-57(40)32-18-23-64-24-19-32)33-10-7-9-30-25-39(52-27-35(30)33)31-13-14-38(51-26-31)45(60)50-21-6-4-2-3-5-20-49-37-12-8-11-34-43(37)48(63)56(47(34)62)41-15-16-42(59)53-46(41)61/h7-14,25-27,32,41,49H,2-6,15-24,28H2,1H3,(H,50,60)(H,53,59,61). The zero-order valence-corrected chi connectivity index (χ0v) is 35.9. The summed E-state index contributed by atoms with van der Waals surface area (Å²) in [7, 11) is 0. The minimum Gasteiger partial charge on any atom is -0.384 e. The van der Waals surface area contributed by atoms with E-state index in [0.29, 0.717) is 50.8 Å².